The zero-order valence-electron chi connectivity index (χ0n) is 13.2. The second kappa shape index (κ2) is 6.03. The molecule has 1 aromatic heterocycles. The molecule has 1 amide bonds. The zero-order chi connectivity index (χ0) is 14.9. The molecule has 5 heteroatoms. The van der Waals surface area contributed by atoms with Crippen LogP contribution in [0.3, 0.4) is 0 Å². The molecule has 2 aliphatic heterocycles. The van der Waals surface area contributed by atoms with Gasteiger partial charge in [-0.2, -0.15) is 5.10 Å². The Balaban J connectivity index is 1.38. The first kappa shape index (κ1) is 14.2. The number of aryl methyl sites for hydroxylation is 1. The first-order valence-electron chi connectivity index (χ1n) is 8.91. The van der Waals surface area contributed by atoms with Gasteiger partial charge in [-0.3, -0.25) is 9.89 Å². The van der Waals surface area contributed by atoms with Gasteiger partial charge < -0.3 is 10.2 Å². The van der Waals surface area contributed by atoms with Crippen molar-refractivity contribution >= 4 is 5.91 Å². The number of aromatic nitrogens is 2. The van der Waals surface area contributed by atoms with Crippen LogP contribution < -0.4 is 5.32 Å². The third-order valence-electron chi connectivity index (χ3n) is 5.77. The Kier molecular flexibility index (Phi) is 3.90. The summed E-state index contributed by atoms with van der Waals surface area (Å²) in [5.74, 6) is 0.636. The molecular formula is C17H26N4O. The van der Waals surface area contributed by atoms with Gasteiger partial charge in [0.05, 0.1) is 0 Å². The van der Waals surface area contributed by atoms with Crippen LogP contribution >= 0.6 is 0 Å². The lowest BCUT2D eigenvalue weighted by molar-refractivity contribution is 0.0575. The van der Waals surface area contributed by atoms with Crippen LogP contribution in [0.1, 0.15) is 60.3 Å². The molecule has 0 unspecified atom stereocenters. The summed E-state index contributed by atoms with van der Waals surface area (Å²) in [6.45, 7) is 3.31. The molecule has 3 aliphatic rings. The van der Waals surface area contributed by atoms with E-state index in [0.717, 1.165) is 31.4 Å². The number of hydrogen-bond acceptors (Lipinski definition) is 3. The van der Waals surface area contributed by atoms with E-state index in [0.29, 0.717) is 17.7 Å². The summed E-state index contributed by atoms with van der Waals surface area (Å²) in [5, 5.41) is 10.4. The summed E-state index contributed by atoms with van der Waals surface area (Å²) in [6, 6.07) is 0.688. The lowest BCUT2D eigenvalue weighted by Gasteiger charge is -2.44. The Bertz CT molecular complexity index is 551. The number of nitrogens with one attached hydrogen (secondary N) is 2. The summed E-state index contributed by atoms with van der Waals surface area (Å²) in [6.07, 6.45) is 9.69. The molecule has 22 heavy (non-hydrogen) atoms. The number of H-pyrrole nitrogens is 1. The first-order valence-corrected chi connectivity index (χ1v) is 8.91. The zero-order valence-corrected chi connectivity index (χ0v) is 13.2. The van der Waals surface area contributed by atoms with Gasteiger partial charge in [-0.05, 0) is 64.0 Å². The Labute approximate surface area is 131 Å². The predicted molar refractivity (Wildman–Crippen MR) is 84.9 cm³/mol. The van der Waals surface area contributed by atoms with Crippen molar-refractivity contribution in [1.82, 2.24) is 20.4 Å². The van der Waals surface area contributed by atoms with E-state index < -0.39 is 0 Å². The summed E-state index contributed by atoms with van der Waals surface area (Å²) in [4.78, 5) is 15.1. The second-order valence-electron chi connectivity index (χ2n) is 7.09. The van der Waals surface area contributed by atoms with E-state index in [1.165, 1.54) is 50.9 Å². The molecule has 0 bridgehead atoms. The molecule has 0 aromatic carbocycles. The molecule has 120 valence electrons. The van der Waals surface area contributed by atoms with Crippen molar-refractivity contribution in [3.05, 3.63) is 17.0 Å². The van der Waals surface area contributed by atoms with Gasteiger partial charge in [0.15, 0.2) is 5.69 Å². The van der Waals surface area contributed by atoms with Gasteiger partial charge in [-0.25, -0.2) is 0 Å². The molecule has 1 aromatic rings. The number of nitrogens with zero attached hydrogens (tertiary/aromatic N) is 2. The van der Waals surface area contributed by atoms with E-state index in [4.69, 9.17) is 0 Å². The largest absolute Gasteiger partial charge is 0.350 e. The molecule has 4 rings (SSSR count). The van der Waals surface area contributed by atoms with Crippen LogP contribution in [0.5, 0.6) is 0 Å². The lowest BCUT2D eigenvalue weighted by Crippen LogP contribution is -2.51. The Morgan fingerprint density at radius 2 is 2.09 bits per heavy atom. The molecule has 2 N–H and O–H groups in total. The molecule has 0 spiro atoms. The van der Waals surface area contributed by atoms with Gasteiger partial charge in [0.2, 0.25) is 0 Å². The van der Waals surface area contributed by atoms with Gasteiger partial charge >= 0.3 is 0 Å². The average molecular weight is 302 g/mol. The highest BCUT2D eigenvalue weighted by molar-refractivity contribution is 5.94. The topological polar surface area (TPSA) is 61.0 Å². The van der Waals surface area contributed by atoms with E-state index in [9.17, 15) is 4.79 Å². The van der Waals surface area contributed by atoms with Crippen molar-refractivity contribution in [2.45, 2.75) is 57.4 Å². The fourth-order valence-corrected chi connectivity index (χ4v) is 4.63. The summed E-state index contributed by atoms with van der Waals surface area (Å²) in [5.41, 5.74) is 2.96. The van der Waals surface area contributed by atoms with Crippen molar-refractivity contribution in [3.8, 4) is 0 Å². The monoisotopic (exact) mass is 302 g/mol. The molecule has 2 atom stereocenters. The van der Waals surface area contributed by atoms with E-state index in [2.05, 4.69) is 20.4 Å². The molecule has 2 saturated heterocycles. The molecule has 2 fully saturated rings. The number of piperidine rings is 2. The van der Waals surface area contributed by atoms with Crippen LogP contribution in [0.25, 0.3) is 0 Å². The molecule has 0 radical (unpaired) electrons. The van der Waals surface area contributed by atoms with E-state index >= 15 is 0 Å². The van der Waals surface area contributed by atoms with Crippen molar-refractivity contribution in [2.75, 3.05) is 19.6 Å². The SMILES string of the molecule is O=C(NC[C@@H]1CCCN2CCCC[C@@H]12)c1n[nH]c2c1CCC2. The highest BCUT2D eigenvalue weighted by atomic mass is 16.1. The van der Waals surface area contributed by atoms with E-state index in [-0.39, 0.29) is 5.91 Å². The number of rotatable bonds is 3. The number of hydrogen-bond donors (Lipinski definition) is 2. The lowest BCUT2D eigenvalue weighted by atomic mass is 9.83. The minimum atomic E-state index is 0.0207. The van der Waals surface area contributed by atoms with Crippen molar-refractivity contribution in [1.29, 1.82) is 0 Å². The van der Waals surface area contributed by atoms with Gasteiger partial charge in [0.25, 0.3) is 5.91 Å². The number of carbonyl (C=O) groups is 1. The maximum Gasteiger partial charge on any atom is 0.272 e. The Morgan fingerprint density at radius 3 is 3.05 bits per heavy atom. The van der Waals surface area contributed by atoms with E-state index in [1.807, 2.05) is 0 Å². The molecule has 0 saturated carbocycles. The first-order chi connectivity index (χ1) is 10.8. The third-order valence-corrected chi connectivity index (χ3v) is 5.77. The predicted octanol–water partition coefficient (Wildman–Crippen LogP) is 1.89. The van der Waals surface area contributed by atoms with Crippen molar-refractivity contribution in [3.63, 3.8) is 0 Å². The third kappa shape index (κ3) is 2.56. The van der Waals surface area contributed by atoms with Crippen molar-refractivity contribution < 1.29 is 4.79 Å². The van der Waals surface area contributed by atoms with Gasteiger partial charge in [0.1, 0.15) is 0 Å². The van der Waals surface area contributed by atoms with Crippen LogP contribution in [0.4, 0.5) is 0 Å². The summed E-state index contributed by atoms with van der Waals surface area (Å²) >= 11 is 0. The maximum absolute atomic E-state index is 12.5. The van der Waals surface area contributed by atoms with E-state index in [1.54, 1.807) is 0 Å². The number of carbonyl (C=O) groups excluding carboxylic acids is 1. The Morgan fingerprint density at radius 1 is 1.18 bits per heavy atom. The fraction of sp³-hybridized carbons (Fsp3) is 0.765. The number of amides is 1. The van der Waals surface area contributed by atoms with Crippen LogP contribution in [-0.2, 0) is 12.8 Å². The molecule has 5 nitrogen and oxygen atoms in total. The van der Waals surface area contributed by atoms with Crippen LogP contribution in [0, 0.1) is 5.92 Å². The number of aromatic amines is 1. The van der Waals surface area contributed by atoms with Crippen LogP contribution in [0.2, 0.25) is 0 Å². The Hall–Kier alpha value is -1.36. The summed E-state index contributed by atoms with van der Waals surface area (Å²) < 4.78 is 0. The van der Waals surface area contributed by atoms with Crippen LogP contribution in [0.15, 0.2) is 0 Å². The fourth-order valence-electron chi connectivity index (χ4n) is 4.63. The highest BCUT2D eigenvalue weighted by Gasteiger charge is 2.33. The van der Waals surface area contributed by atoms with Gasteiger partial charge in [-0.15, -0.1) is 0 Å². The standard InChI is InChI=1S/C17H26N4O/c22-17(16-13-6-3-7-14(13)19-20-16)18-11-12-5-4-10-21-9-2-1-8-15(12)21/h12,15H,1-11H2,(H,18,22)(H,19,20)/t12-,15-/m0/s1. The second-order valence-corrected chi connectivity index (χ2v) is 7.09. The number of fused-ring (bicyclic) bond motifs is 2. The average Bonchev–Trinajstić information content (AvgIpc) is 3.15. The van der Waals surface area contributed by atoms with Crippen molar-refractivity contribution in [2.24, 2.45) is 5.92 Å². The van der Waals surface area contributed by atoms with Crippen LogP contribution in [-0.4, -0.2) is 46.7 Å². The van der Waals surface area contributed by atoms with Gasteiger partial charge in [0, 0.05) is 23.8 Å². The van der Waals surface area contributed by atoms with Gasteiger partial charge in [-0.1, -0.05) is 6.42 Å². The minimum absolute atomic E-state index is 0.0207. The molecule has 3 heterocycles. The minimum Gasteiger partial charge on any atom is -0.350 e. The maximum atomic E-state index is 12.5. The highest BCUT2D eigenvalue weighted by Crippen LogP contribution is 2.30. The summed E-state index contributed by atoms with van der Waals surface area (Å²) in [7, 11) is 0. The molecular weight excluding hydrogens is 276 g/mol. The quantitative estimate of drug-likeness (QED) is 0.896. The normalized spacial score (nSPS) is 28.2. The smallest absolute Gasteiger partial charge is 0.272 e. The molecule has 1 aliphatic carbocycles.